The Hall–Kier alpha value is -2.24. The monoisotopic (exact) mass is 488 g/mol. The van der Waals surface area contributed by atoms with Gasteiger partial charge in [0.2, 0.25) is 5.91 Å². The van der Waals surface area contributed by atoms with E-state index in [4.69, 9.17) is 27.9 Å². The fourth-order valence-corrected chi connectivity index (χ4v) is 5.51. The number of hydrogen-bond acceptors (Lipinski definition) is 3. The minimum atomic E-state index is -0.671. The normalized spacial score (nSPS) is 17.9. The average molecular weight is 489 g/mol. The van der Waals surface area contributed by atoms with Crippen LogP contribution < -0.4 is 10.1 Å². The lowest BCUT2D eigenvalue weighted by Gasteiger charge is -2.37. The Morgan fingerprint density at radius 1 is 0.909 bits per heavy atom. The lowest BCUT2D eigenvalue weighted by molar-refractivity contribution is -0.134. The zero-order valence-electron chi connectivity index (χ0n) is 18.7. The van der Waals surface area contributed by atoms with Gasteiger partial charge in [0.05, 0.1) is 5.41 Å². The highest BCUT2D eigenvalue weighted by Crippen LogP contribution is 2.44. The van der Waals surface area contributed by atoms with E-state index < -0.39 is 5.41 Å². The van der Waals surface area contributed by atoms with E-state index in [9.17, 15) is 9.59 Å². The minimum absolute atomic E-state index is 0.0196. The van der Waals surface area contributed by atoms with Gasteiger partial charge >= 0.3 is 0 Å². The number of halogens is 2. The van der Waals surface area contributed by atoms with Crippen molar-refractivity contribution in [2.24, 2.45) is 0 Å². The molecule has 4 rings (SSSR count). The van der Waals surface area contributed by atoms with Crippen LogP contribution in [-0.4, -0.2) is 36.4 Å². The first-order valence-corrected chi connectivity index (χ1v) is 12.5. The fraction of sp³-hybridized carbons (Fsp3) is 0.462. The van der Waals surface area contributed by atoms with Gasteiger partial charge in [-0.2, -0.15) is 0 Å². The molecule has 2 aromatic rings. The number of likely N-dealkylation sites (tertiary alicyclic amines) is 1. The number of nitrogens with zero attached hydrogens (tertiary/aromatic N) is 1. The molecule has 1 saturated carbocycles. The average Bonchev–Trinajstić information content (AvgIpc) is 2.84. The molecule has 33 heavy (non-hydrogen) atoms. The van der Waals surface area contributed by atoms with Gasteiger partial charge < -0.3 is 15.0 Å². The van der Waals surface area contributed by atoms with Crippen LogP contribution >= 0.6 is 23.2 Å². The van der Waals surface area contributed by atoms with Gasteiger partial charge in [-0.15, -0.1) is 0 Å². The van der Waals surface area contributed by atoms with Gasteiger partial charge in [0, 0.05) is 28.8 Å². The van der Waals surface area contributed by atoms with Crippen molar-refractivity contribution in [2.45, 2.75) is 56.8 Å². The Bertz CT molecular complexity index is 982. The summed E-state index contributed by atoms with van der Waals surface area (Å²) in [6.07, 6.45) is 7.87. The molecular weight excluding hydrogens is 459 g/mol. The van der Waals surface area contributed by atoms with Crippen LogP contribution in [0.2, 0.25) is 10.0 Å². The fourth-order valence-electron chi connectivity index (χ4n) is 4.92. The van der Waals surface area contributed by atoms with Crippen LogP contribution in [0.5, 0.6) is 5.75 Å². The summed E-state index contributed by atoms with van der Waals surface area (Å²) in [5.41, 5.74) is 0.849. The molecule has 0 aromatic heterocycles. The first-order valence-electron chi connectivity index (χ1n) is 11.8. The number of benzene rings is 2. The number of rotatable bonds is 6. The summed E-state index contributed by atoms with van der Waals surface area (Å²) >= 11 is 12.6. The molecule has 1 heterocycles. The number of hydrogen-bond donors (Lipinski definition) is 1. The summed E-state index contributed by atoms with van der Waals surface area (Å²) in [6, 6.07) is 12.6. The molecule has 1 aliphatic heterocycles. The SMILES string of the molecule is O=C(COc1ccc(NC(=O)C2(c3ccc(Cl)cc3Cl)CCCCC2)cc1)N1CCCCC1. The highest BCUT2D eigenvalue weighted by molar-refractivity contribution is 6.35. The molecule has 2 aliphatic rings. The summed E-state index contributed by atoms with van der Waals surface area (Å²) in [4.78, 5) is 27.7. The van der Waals surface area contributed by atoms with Gasteiger partial charge in [-0.05, 0) is 74.1 Å². The standard InChI is InChI=1S/C26H30Cl2N2O3/c27-19-7-12-22(23(28)17-19)26(13-3-1-4-14-26)25(32)29-20-8-10-21(11-9-20)33-18-24(31)30-15-5-2-6-16-30/h7-12,17H,1-6,13-16,18H2,(H,29,32). The van der Waals surface area contributed by atoms with Gasteiger partial charge in [0.15, 0.2) is 6.61 Å². The van der Waals surface area contributed by atoms with E-state index in [-0.39, 0.29) is 18.4 Å². The second kappa shape index (κ2) is 10.8. The molecule has 0 spiro atoms. The summed E-state index contributed by atoms with van der Waals surface area (Å²) in [7, 11) is 0. The maximum absolute atomic E-state index is 13.5. The van der Waals surface area contributed by atoms with Crippen molar-refractivity contribution in [3.05, 3.63) is 58.1 Å². The van der Waals surface area contributed by atoms with Crippen molar-refractivity contribution in [3.63, 3.8) is 0 Å². The lowest BCUT2D eigenvalue weighted by Crippen LogP contribution is -2.42. The predicted octanol–water partition coefficient (Wildman–Crippen LogP) is 6.23. The summed E-state index contributed by atoms with van der Waals surface area (Å²) < 4.78 is 5.68. The molecule has 0 bridgehead atoms. The summed E-state index contributed by atoms with van der Waals surface area (Å²) in [5, 5.41) is 4.16. The number of anilines is 1. The molecule has 1 N–H and O–H groups in total. The van der Waals surface area contributed by atoms with Crippen molar-refractivity contribution >= 4 is 40.7 Å². The highest BCUT2D eigenvalue weighted by atomic mass is 35.5. The molecule has 0 radical (unpaired) electrons. The van der Waals surface area contributed by atoms with Crippen LogP contribution in [0.1, 0.15) is 56.9 Å². The Balaban J connectivity index is 1.41. The molecule has 2 aromatic carbocycles. The molecular formula is C26H30Cl2N2O3. The molecule has 1 saturated heterocycles. The van der Waals surface area contributed by atoms with Gasteiger partial charge in [0.1, 0.15) is 5.75 Å². The number of nitrogens with one attached hydrogen (secondary N) is 1. The predicted molar refractivity (Wildman–Crippen MR) is 132 cm³/mol. The molecule has 5 nitrogen and oxygen atoms in total. The summed E-state index contributed by atoms with van der Waals surface area (Å²) in [6.45, 7) is 1.66. The zero-order valence-corrected chi connectivity index (χ0v) is 20.3. The van der Waals surface area contributed by atoms with Gasteiger partial charge in [0.25, 0.3) is 5.91 Å². The van der Waals surface area contributed by atoms with Gasteiger partial charge in [-0.3, -0.25) is 9.59 Å². The van der Waals surface area contributed by atoms with E-state index in [0.29, 0.717) is 21.5 Å². The van der Waals surface area contributed by atoms with Gasteiger partial charge in [-0.25, -0.2) is 0 Å². The van der Waals surface area contributed by atoms with Crippen LogP contribution in [0.3, 0.4) is 0 Å². The van der Waals surface area contributed by atoms with Crippen molar-refractivity contribution in [2.75, 3.05) is 25.0 Å². The molecule has 0 unspecified atom stereocenters. The van der Waals surface area contributed by atoms with E-state index in [1.165, 1.54) is 6.42 Å². The maximum atomic E-state index is 13.5. The Morgan fingerprint density at radius 2 is 1.58 bits per heavy atom. The number of carbonyl (C=O) groups is 2. The number of carbonyl (C=O) groups excluding carboxylic acids is 2. The maximum Gasteiger partial charge on any atom is 0.260 e. The van der Waals surface area contributed by atoms with Gasteiger partial charge in [-0.1, -0.05) is 48.5 Å². The van der Waals surface area contributed by atoms with Crippen LogP contribution in [0, 0.1) is 0 Å². The largest absolute Gasteiger partial charge is 0.484 e. The van der Waals surface area contributed by atoms with E-state index in [0.717, 1.165) is 63.6 Å². The molecule has 2 fully saturated rings. The quantitative estimate of drug-likeness (QED) is 0.524. The second-order valence-corrected chi connectivity index (χ2v) is 9.82. The molecule has 0 atom stereocenters. The van der Waals surface area contributed by atoms with Crippen molar-refractivity contribution in [3.8, 4) is 5.75 Å². The zero-order chi connectivity index (χ0) is 23.3. The second-order valence-electron chi connectivity index (χ2n) is 8.98. The minimum Gasteiger partial charge on any atom is -0.484 e. The van der Waals surface area contributed by atoms with Crippen LogP contribution in [0.25, 0.3) is 0 Å². The molecule has 176 valence electrons. The Labute approximate surface area is 205 Å². The smallest absolute Gasteiger partial charge is 0.260 e. The lowest BCUT2D eigenvalue weighted by atomic mass is 9.68. The Morgan fingerprint density at radius 3 is 2.24 bits per heavy atom. The number of amides is 2. The molecule has 1 aliphatic carbocycles. The van der Waals surface area contributed by atoms with Crippen molar-refractivity contribution in [1.29, 1.82) is 0 Å². The topological polar surface area (TPSA) is 58.6 Å². The van der Waals surface area contributed by atoms with E-state index in [1.54, 1.807) is 36.4 Å². The number of piperidine rings is 1. The van der Waals surface area contributed by atoms with Crippen molar-refractivity contribution < 1.29 is 14.3 Å². The van der Waals surface area contributed by atoms with Crippen LogP contribution in [-0.2, 0) is 15.0 Å². The third-order valence-corrected chi connectivity index (χ3v) is 7.32. The van der Waals surface area contributed by atoms with Crippen LogP contribution in [0.15, 0.2) is 42.5 Å². The first-order chi connectivity index (χ1) is 16.0. The van der Waals surface area contributed by atoms with Crippen molar-refractivity contribution in [1.82, 2.24) is 4.90 Å². The first kappa shape index (κ1) is 23.9. The van der Waals surface area contributed by atoms with Crippen LogP contribution in [0.4, 0.5) is 5.69 Å². The molecule has 7 heteroatoms. The van der Waals surface area contributed by atoms with E-state index >= 15 is 0 Å². The highest BCUT2D eigenvalue weighted by Gasteiger charge is 2.42. The third-order valence-electron chi connectivity index (χ3n) is 6.77. The summed E-state index contributed by atoms with van der Waals surface area (Å²) in [5.74, 6) is 0.568. The number of ether oxygens (including phenoxy) is 1. The Kier molecular flexibility index (Phi) is 7.82. The molecule has 2 amide bonds. The third kappa shape index (κ3) is 5.64. The van der Waals surface area contributed by atoms with E-state index in [2.05, 4.69) is 5.32 Å². The van der Waals surface area contributed by atoms with E-state index in [1.807, 2.05) is 11.0 Å².